The van der Waals surface area contributed by atoms with Crippen molar-refractivity contribution in [3.8, 4) is 6.07 Å². The van der Waals surface area contributed by atoms with Crippen molar-refractivity contribution in [3.63, 3.8) is 0 Å². The van der Waals surface area contributed by atoms with Crippen molar-refractivity contribution in [2.24, 2.45) is 5.41 Å². The van der Waals surface area contributed by atoms with Gasteiger partial charge in [0, 0.05) is 60.6 Å². The van der Waals surface area contributed by atoms with E-state index in [9.17, 15) is 23.2 Å². The highest BCUT2D eigenvalue weighted by molar-refractivity contribution is 7.18. The number of aromatic nitrogens is 3. The molecule has 0 atom stereocenters. The Morgan fingerprint density at radius 1 is 1.17 bits per heavy atom. The van der Waals surface area contributed by atoms with Gasteiger partial charge in [-0.2, -0.15) is 18.4 Å². The van der Waals surface area contributed by atoms with Gasteiger partial charge in [0.2, 0.25) is 5.91 Å². The number of fused-ring (bicyclic) bond motifs is 2. The lowest BCUT2D eigenvalue weighted by molar-refractivity contribution is -0.173. The highest BCUT2D eigenvalue weighted by atomic mass is 32.1. The van der Waals surface area contributed by atoms with E-state index in [1.165, 1.54) is 24.6 Å². The molecule has 0 radical (unpaired) electrons. The monoisotopic (exact) mass is 651 g/mol. The number of amides is 1. The minimum absolute atomic E-state index is 0.0736. The summed E-state index contributed by atoms with van der Waals surface area (Å²) in [6, 6.07) is 10.5. The molecule has 3 aromatic heterocycles. The molecule has 1 aromatic carbocycles. The fourth-order valence-corrected chi connectivity index (χ4v) is 9.05. The molecule has 13 heteroatoms. The first kappa shape index (κ1) is 30.9. The molecule has 4 fully saturated rings. The van der Waals surface area contributed by atoms with Crippen LogP contribution in [-0.2, 0) is 29.0 Å². The second kappa shape index (κ2) is 11.5. The molecular formula is C33H36F3N7O2S. The number of rotatable bonds is 10. The van der Waals surface area contributed by atoms with Crippen LogP contribution in [0.3, 0.4) is 0 Å². The van der Waals surface area contributed by atoms with Crippen molar-refractivity contribution >= 4 is 44.2 Å². The molecule has 242 valence electrons. The minimum Gasteiger partial charge on any atom is -0.375 e. The SMILES string of the molecule is COCC(=O)NC12CC(Cn3c(C#N)cc4c(C)c(CN5CCC(Nc6ncnc7sc(CC(F)(F)F)cc67)CC5)ccc43)(C1)C2. The van der Waals surface area contributed by atoms with Crippen LogP contribution in [0.15, 0.2) is 30.6 Å². The summed E-state index contributed by atoms with van der Waals surface area (Å²) in [7, 11) is 1.52. The van der Waals surface area contributed by atoms with Crippen molar-refractivity contribution < 1.29 is 22.7 Å². The van der Waals surface area contributed by atoms with Crippen molar-refractivity contribution in [1.82, 2.24) is 24.8 Å². The van der Waals surface area contributed by atoms with Crippen molar-refractivity contribution in [3.05, 3.63) is 52.3 Å². The molecule has 46 heavy (non-hydrogen) atoms. The Labute approximate surface area is 268 Å². The maximum absolute atomic E-state index is 12.9. The highest BCUT2D eigenvalue weighted by Gasteiger charge is 2.68. The zero-order valence-electron chi connectivity index (χ0n) is 25.8. The summed E-state index contributed by atoms with van der Waals surface area (Å²) in [6.45, 7) is 5.54. The average Bonchev–Trinajstić information content (AvgIpc) is 3.54. The van der Waals surface area contributed by atoms with Crippen LogP contribution < -0.4 is 10.6 Å². The normalized spacial score (nSPS) is 23.2. The lowest BCUT2D eigenvalue weighted by Gasteiger charge is -2.70. The van der Waals surface area contributed by atoms with Gasteiger partial charge in [-0.1, -0.05) is 6.07 Å². The van der Waals surface area contributed by atoms with E-state index >= 15 is 0 Å². The number of hydrogen-bond donors (Lipinski definition) is 2. The fraction of sp³-hybridized carbons (Fsp3) is 0.515. The van der Waals surface area contributed by atoms with E-state index < -0.39 is 12.6 Å². The average molecular weight is 652 g/mol. The van der Waals surface area contributed by atoms with Gasteiger partial charge in [0.15, 0.2) is 0 Å². The van der Waals surface area contributed by atoms with Gasteiger partial charge in [-0.05, 0) is 73.8 Å². The summed E-state index contributed by atoms with van der Waals surface area (Å²) in [4.78, 5) is 23.8. The minimum atomic E-state index is -4.26. The highest BCUT2D eigenvalue weighted by Crippen LogP contribution is 2.68. The predicted molar refractivity (Wildman–Crippen MR) is 170 cm³/mol. The van der Waals surface area contributed by atoms with Crippen molar-refractivity contribution in [1.29, 1.82) is 5.26 Å². The van der Waals surface area contributed by atoms with Crippen LogP contribution in [0.1, 0.15) is 53.8 Å². The number of anilines is 1. The number of piperidine rings is 1. The summed E-state index contributed by atoms with van der Waals surface area (Å²) >= 11 is 1.06. The Kier molecular flexibility index (Phi) is 7.73. The number of nitrogens with zero attached hydrogens (tertiary/aromatic N) is 5. The Hall–Kier alpha value is -3.73. The number of alkyl halides is 3. The quantitative estimate of drug-likeness (QED) is 0.227. The standard InChI is InChI=1S/C33H36F3N7O2S/c1-20-21(3-4-27-25(20)9-23(12-37)43(27)18-31-15-32(16-31,17-31)41-28(44)14-45-2)13-42-7-5-22(6-8-42)40-29-26-10-24(11-33(34,35)36)46-30(26)39-19-38-29/h3-4,9-10,19,22H,5-8,11,13-18H2,1-2H3,(H,41,44)(H,38,39,40). The molecule has 2 N–H and O–H groups in total. The van der Waals surface area contributed by atoms with Gasteiger partial charge in [0.05, 0.1) is 11.8 Å². The van der Waals surface area contributed by atoms with Gasteiger partial charge in [0.1, 0.15) is 35.3 Å². The number of aryl methyl sites for hydroxylation is 1. The second-order valence-corrected chi connectivity index (χ2v) is 14.6. The van der Waals surface area contributed by atoms with Crippen LogP contribution >= 0.6 is 11.3 Å². The van der Waals surface area contributed by atoms with E-state index in [4.69, 9.17) is 4.74 Å². The molecular weight excluding hydrogens is 615 g/mol. The summed E-state index contributed by atoms with van der Waals surface area (Å²) in [5.74, 6) is 0.521. The molecule has 4 aliphatic rings. The van der Waals surface area contributed by atoms with Crippen LogP contribution in [-0.4, -0.2) is 69.9 Å². The first-order chi connectivity index (χ1) is 22.0. The molecule has 4 aromatic rings. The molecule has 3 aliphatic carbocycles. The Bertz CT molecular complexity index is 1830. The third-order valence-electron chi connectivity index (χ3n) is 9.97. The molecule has 0 unspecified atom stereocenters. The van der Waals surface area contributed by atoms with Crippen molar-refractivity contribution in [2.75, 3.05) is 32.1 Å². The van der Waals surface area contributed by atoms with E-state index in [0.717, 1.165) is 80.5 Å². The number of halogens is 3. The Balaban J connectivity index is 0.980. The molecule has 3 saturated carbocycles. The van der Waals surface area contributed by atoms with Gasteiger partial charge in [0.25, 0.3) is 0 Å². The summed E-state index contributed by atoms with van der Waals surface area (Å²) in [6.07, 6.45) is 0.742. The number of thiophene rings is 1. The van der Waals surface area contributed by atoms with Gasteiger partial charge >= 0.3 is 6.18 Å². The van der Waals surface area contributed by atoms with Crippen LogP contribution in [0.5, 0.6) is 0 Å². The van der Waals surface area contributed by atoms with Crippen LogP contribution in [0, 0.1) is 23.7 Å². The van der Waals surface area contributed by atoms with Crippen molar-refractivity contribution in [2.45, 2.75) is 76.3 Å². The van der Waals surface area contributed by atoms with E-state index in [0.29, 0.717) is 21.7 Å². The maximum Gasteiger partial charge on any atom is 0.393 e. The number of benzene rings is 1. The number of ether oxygens (including phenoxy) is 1. The number of carbonyl (C=O) groups excluding carboxylic acids is 1. The largest absolute Gasteiger partial charge is 0.393 e. The number of likely N-dealkylation sites (tertiary alicyclic amines) is 1. The molecule has 9 nitrogen and oxygen atoms in total. The third-order valence-corrected chi connectivity index (χ3v) is 11.0. The van der Waals surface area contributed by atoms with E-state index in [2.05, 4.69) is 55.2 Å². The van der Waals surface area contributed by atoms with Gasteiger partial charge < -0.3 is 19.9 Å². The molecule has 4 heterocycles. The van der Waals surface area contributed by atoms with Crippen LogP contribution in [0.4, 0.5) is 19.0 Å². The number of hydrogen-bond acceptors (Lipinski definition) is 8. The first-order valence-electron chi connectivity index (χ1n) is 15.6. The maximum atomic E-state index is 12.9. The van der Waals surface area contributed by atoms with Gasteiger partial charge in [-0.15, -0.1) is 11.3 Å². The van der Waals surface area contributed by atoms with Gasteiger partial charge in [-0.3, -0.25) is 9.69 Å². The molecule has 1 aliphatic heterocycles. The smallest absolute Gasteiger partial charge is 0.375 e. The number of nitriles is 1. The van der Waals surface area contributed by atoms with E-state index in [-0.39, 0.29) is 34.4 Å². The summed E-state index contributed by atoms with van der Waals surface area (Å²) in [5, 5.41) is 18.3. The molecule has 8 rings (SSSR count). The summed E-state index contributed by atoms with van der Waals surface area (Å²) < 4.78 is 45.9. The number of methoxy groups -OCH3 is 1. The van der Waals surface area contributed by atoms with E-state index in [1.807, 2.05) is 6.07 Å². The molecule has 0 spiro atoms. The fourth-order valence-electron chi connectivity index (χ4n) is 8.03. The first-order valence-corrected chi connectivity index (χ1v) is 16.4. The molecule has 2 bridgehead atoms. The lowest BCUT2D eigenvalue weighted by atomic mass is 9.39. The molecule has 1 amide bonds. The second-order valence-electron chi connectivity index (χ2n) is 13.4. The Morgan fingerprint density at radius 2 is 1.93 bits per heavy atom. The summed E-state index contributed by atoms with van der Waals surface area (Å²) in [5.41, 5.74) is 4.17. The van der Waals surface area contributed by atoms with Gasteiger partial charge in [-0.25, -0.2) is 9.97 Å². The van der Waals surface area contributed by atoms with Crippen LogP contribution in [0.2, 0.25) is 0 Å². The molecule has 1 saturated heterocycles. The zero-order chi connectivity index (χ0) is 32.3. The zero-order valence-corrected chi connectivity index (χ0v) is 26.7. The Morgan fingerprint density at radius 3 is 2.63 bits per heavy atom. The van der Waals surface area contributed by atoms with E-state index in [1.54, 1.807) is 6.07 Å². The lowest BCUT2D eigenvalue weighted by Crippen LogP contribution is -2.75. The predicted octanol–water partition coefficient (Wildman–Crippen LogP) is 5.69. The van der Waals surface area contributed by atoms with Crippen LogP contribution in [0.25, 0.3) is 21.1 Å². The number of carbonyl (C=O) groups is 1. The third kappa shape index (κ3) is 5.82. The topological polar surface area (TPSA) is 108 Å². The number of nitrogens with one attached hydrogen (secondary N) is 2.